The smallest absolute Gasteiger partial charge is 0.197 e. The maximum absolute atomic E-state index is 12.7. The molecule has 0 amide bonds. The summed E-state index contributed by atoms with van der Waals surface area (Å²) in [4.78, 5) is 12.7. The number of aromatic nitrogens is 1. The summed E-state index contributed by atoms with van der Waals surface area (Å²) < 4.78 is 12.6. The molecule has 22 heavy (non-hydrogen) atoms. The van der Waals surface area contributed by atoms with E-state index >= 15 is 0 Å². The van der Waals surface area contributed by atoms with E-state index in [1.807, 2.05) is 42.5 Å². The standard InChI is InChI=1S/C18H19NO3/c1-21-11-5-10-19-16-7-4-3-6-14(16)18(20)15-12-13(22-2)8-9-17(15)19/h3-4,6-9,12H,5,10-11H2,1-2H3. The van der Waals surface area contributed by atoms with Gasteiger partial charge in [-0.3, -0.25) is 4.79 Å². The lowest BCUT2D eigenvalue weighted by Gasteiger charge is -2.15. The lowest BCUT2D eigenvalue weighted by Crippen LogP contribution is -2.12. The number of aryl methyl sites for hydroxylation is 1. The number of hydrogen-bond acceptors (Lipinski definition) is 3. The number of pyridine rings is 1. The molecule has 0 spiro atoms. The van der Waals surface area contributed by atoms with Gasteiger partial charge in [-0.2, -0.15) is 0 Å². The summed E-state index contributed by atoms with van der Waals surface area (Å²) in [6, 6.07) is 13.4. The normalized spacial score (nSPS) is 11.2. The van der Waals surface area contributed by atoms with Crippen molar-refractivity contribution >= 4 is 21.8 Å². The monoisotopic (exact) mass is 297 g/mol. The second-order valence-electron chi connectivity index (χ2n) is 5.23. The first-order valence-corrected chi connectivity index (χ1v) is 7.34. The number of nitrogens with zero attached hydrogens (tertiary/aromatic N) is 1. The molecule has 3 aromatic rings. The van der Waals surface area contributed by atoms with E-state index < -0.39 is 0 Å². The number of fused-ring (bicyclic) bond motifs is 2. The topological polar surface area (TPSA) is 40.5 Å². The summed E-state index contributed by atoms with van der Waals surface area (Å²) in [6.45, 7) is 1.50. The molecule has 3 rings (SSSR count). The van der Waals surface area contributed by atoms with Crippen molar-refractivity contribution in [2.75, 3.05) is 20.8 Å². The largest absolute Gasteiger partial charge is 0.497 e. The number of ether oxygens (including phenoxy) is 2. The SMILES string of the molecule is COCCCn1c2ccccc2c(=O)c2cc(OC)ccc21. The van der Waals surface area contributed by atoms with Crippen LogP contribution in [0.15, 0.2) is 47.3 Å². The summed E-state index contributed by atoms with van der Waals surface area (Å²) in [5.74, 6) is 0.698. The third-order valence-electron chi connectivity index (χ3n) is 3.91. The van der Waals surface area contributed by atoms with Crippen LogP contribution in [0, 0.1) is 0 Å². The summed E-state index contributed by atoms with van der Waals surface area (Å²) in [7, 11) is 3.31. The minimum atomic E-state index is 0.0486. The Bertz CT molecular complexity index is 867. The molecular formula is C18H19NO3. The van der Waals surface area contributed by atoms with Crippen LogP contribution in [0.3, 0.4) is 0 Å². The van der Waals surface area contributed by atoms with Gasteiger partial charge in [-0.25, -0.2) is 0 Å². The molecule has 0 saturated carbocycles. The minimum Gasteiger partial charge on any atom is -0.497 e. The molecule has 0 bridgehead atoms. The first-order valence-electron chi connectivity index (χ1n) is 7.34. The maximum atomic E-state index is 12.7. The first kappa shape index (κ1) is 14.6. The quantitative estimate of drug-likeness (QED) is 0.536. The third-order valence-corrected chi connectivity index (χ3v) is 3.91. The molecule has 4 nitrogen and oxygen atoms in total. The Hall–Kier alpha value is -2.33. The summed E-state index contributed by atoms with van der Waals surface area (Å²) in [5, 5.41) is 1.43. The van der Waals surface area contributed by atoms with E-state index in [1.165, 1.54) is 0 Å². The fourth-order valence-electron chi connectivity index (χ4n) is 2.84. The predicted octanol–water partition coefficient (Wildman–Crippen LogP) is 3.20. The summed E-state index contributed by atoms with van der Waals surface area (Å²) in [5.41, 5.74) is 1.94. The third kappa shape index (κ3) is 2.46. The van der Waals surface area contributed by atoms with Gasteiger partial charge in [0.2, 0.25) is 0 Å². The van der Waals surface area contributed by atoms with Crippen LogP contribution in [0.2, 0.25) is 0 Å². The van der Waals surface area contributed by atoms with Gasteiger partial charge >= 0.3 is 0 Å². The van der Waals surface area contributed by atoms with Crippen LogP contribution in [-0.2, 0) is 11.3 Å². The molecule has 0 fully saturated rings. The average Bonchev–Trinajstić information content (AvgIpc) is 2.57. The van der Waals surface area contributed by atoms with Gasteiger partial charge in [-0.05, 0) is 36.8 Å². The second kappa shape index (κ2) is 6.20. The summed E-state index contributed by atoms with van der Waals surface area (Å²) in [6.07, 6.45) is 0.893. The van der Waals surface area contributed by atoms with Gasteiger partial charge in [0.15, 0.2) is 5.43 Å². The van der Waals surface area contributed by atoms with Crippen molar-refractivity contribution in [3.63, 3.8) is 0 Å². The zero-order chi connectivity index (χ0) is 15.5. The Morgan fingerprint density at radius 1 is 1.00 bits per heavy atom. The maximum Gasteiger partial charge on any atom is 0.197 e. The number of para-hydroxylation sites is 1. The lowest BCUT2D eigenvalue weighted by atomic mass is 10.1. The van der Waals surface area contributed by atoms with Crippen molar-refractivity contribution in [1.29, 1.82) is 0 Å². The van der Waals surface area contributed by atoms with Gasteiger partial charge in [-0.1, -0.05) is 12.1 Å². The predicted molar refractivity (Wildman–Crippen MR) is 88.8 cm³/mol. The highest BCUT2D eigenvalue weighted by atomic mass is 16.5. The molecular weight excluding hydrogens is 278 g/mol. The molecule has 0 N–H and O–H groups in total. The van der Waals surface area contributed by atoms with Crippen molar-refractivity contribution < 1.29 is 9.47 Å². The highest BCUT2D eigenvalue weighted by molar-refractivity contribution is 5.94. The Labute approximate surface area is 128 Å². The molecule has 0 aliphatic heterocycles. The van der Waals surface area contributed by atoms with Crippen molar-refractivity contribution in [1.82, 2.24) is 4.57 Å². The number of rotatable bonds is 5. The van der Waals surface area contributed by atoms with E-state index in [0.717, 1.165) is 29.4 Å². The van der Waals surface area contributed by atoms with Crippen molar-refractivity contribution in [3.8, 4) is 5.75 Å². The highest BCUT2D eigenvalue weighted by Gasteiger charge is 2.11. The molecule has 114 valence electrons. The highest BCUT2D eigenvalue weighted by Crippen LogP contribution is 2.23. The molecule has 1 heterocycles. The number of benzene rings is 2. The second-order valence-corrected chi connectivity index (χ2v) is 5.23. The molecule has 4 heteroatoms. The van der Waals surface area contributed by atoms with Gasteiger partial charge in [0.05, 0.1) is 18.1 Å². The van der Waals surface area contributed by atoms with Gasteiger partial charge in [0.25, 0.3) is 0 Å². The van der Waals surface area contributed by atoms with Crippen LogP contribution in [0.5, 0.6) is 5.75 Å². The molecule has 0 aliphatic carbocycles. The lowest BCUT2D eigenvalue weighted by molar-refractivity contribution is 0.191. The average molecular weight is 297 g/mol. The van der Waals surface area contributed by atoms with E-state index in [9.17, 15) is 4.79 Å². The van der Waals surface area contributed by atoms with Crippen LogP contribution in [0.4, 0.5) is 0 Å². The van der Waals surface area contributed by atoms with E-state index in [4.69, 9.17) is 9.47 Å². The van der Waals surface area contributed by atoms with E-state index in [1.54, 1.807) is 14.2 Å². The van der Waals surface area contributed by atoms with Crippen LogP contribution in [0.25, 0.3) is 21.8 Å². The fraction of sp³-hybridized carbons (Fsp3) is 0.278. The number of hydrogen-bond donors (Lipinski definition) is 0. The zero-order valence-electron chi connectivity index (χ0n) is 12.8. The van der Waals surface area contributed by atoms with E-state index in [2.05, 4.69) is 4.57 Å². The first-order chi connectivity index (χ1) is 10.8. The van der Waals surface area contributed by atoms with E-state index in [0.29, 0.717) is 17.7 Å². The molecule has 0 atom stereocenters. The zero-order valence-corrected chi connectivity index (χ0v) is 12.8. The molecule has 0 aliphatic rings. The molecule has 0 radical (unpaired) electrons. The Morgan fingerprint density at radius 3 is 2.55 bits per heavy atom. The van der Waals surface area contributed by atoms with Crippen LogP contribution in [-0.4, -0.2) is 25.4 Å². The molecule has 2 aromatic carbocycles. The van der Waals surface area contributed by atoms with Crippen LogP contribution >= 0.6 is 0 Å². The number of methoxy groups -OCH3 is 2. The molecule has 0 saturated heterocycles. The Balaban J connectivity index is 2.31. The van der Waals surface area contributed by atoms with E-state index in [-0.39, 0.29) is 5.43 Å². The van der Waals surface area contributed by atoms with Gasteiger partial charge < -0.3 is 14.0 Å². The van der Waals surface area contributed by atoms with Crippen molar-refractivity contribution in [3.05, 3.63) is 52.7 Å². The molecule has 1 aromatic heterocycles. The van der Waals surface area contributed by atoms with Gasteiger partial charge in [0, 0.05) is 31.0 Å². The Morgan fingerprint density at radius 2 is 1.77 bits per heavy atom. The fourth-order valence-corrected chi connectivity index (χ4v) is 2.84. The van der Waals surface area contributed by atoms with Crippen molar-refractivity contribution in [2.24, 2.45) is 0 Å². The minimum absolute atomic E-state index is 0.0486. The van der Waals surface area contributed by atoms with Crippen LogP contribution in [0.1, 0.15) is 6.42 Å². The van der Waals surface area contributed by atoms with Gasteiger partial charge in [-0.15, -0.1) is 0 Å². The summed E-state index contributed by atoms with van der Waals surface area (Å²) >= 11 is 0. The van der Waals surface area contributed by atoms with Crippen molar-refractivity contribution in [2.45, 2.75) is 13.0 Å². The van der Waals surface area contributed by atoms with Gasteiger partial charge in [0.1, 0.15) is 5.75 Å². The molecule has 0 unspecified atom stereocenters. The Kier molecular flexibility index (Phi) is 4.11. The van der Waals surface area contributed by atoms with Crippen LogP contribution < -0.4 is 10.2 Å².